The molecule has 0 bridgehead atoms. The molecule has 3 N–H and O–H groups in total. The number of amides is 1. The maximum atomic E-state index is 12.4. The van der Waals surface area contributed by atoms with Crippen molar-refractivity contribution in [2.24, 2.45) is 11.7 Å². The number of nitrogens with zero attached hydrogens (tertiary/aromatic N) is 1. The number of nitrogens with one attached hydrogen (secondary N) is 1. The van der Waals surface area contributed by atoms with Gasteiger partial charge in [-0.2, -0.15) is 0 Å². The van der Waals surface area contributed by atoms with Crippen molar-refractivity contribution in [3.8, 4) is 5.75 Å². The SMILES string of the molecule is COc1ccc(Cl)cc1N1CC[C@H](NC(=O)[C@H]2CCC[C@H]2N)C1. The molecular formula is C17H24ClN3O2. The molecule has 0 radical (unpaired) electrons. The van der Waals surface area contributed by atoms with Gasteiger partial charge in [0.05, 0.1) is 18.7 Å². The lowest BCUT2D eigenvalue weighted by molar-refractivity contribution is -0.125. The molecule has 2 fully saturated rings. The van der Waals surface area contributed by atoms with Crippen molar-refractivity contribution in [3.63, 3.8) is 0 Å². The summed E-state index contributed by atoms with van der Waals surface area (Å²) in [6.45, 7) is 1.64. The summed E-state index contributed by atoms with van der Waals surface area (Å²) in [5.41, 5.74) is 7.01. The highest BCUT2D eigenvalue weighted by atomic mass is 35.5. The first-order valence-corrected chi connectivity index (χ1v) is 8.60. The molecule has 1 heterocycles. The molecule has 5 nitrogen and oxygen atoms in total. The molecule has 23 heavy (non-hydrogen) atoms. The second kappa shape index (κ2) is 6.97. The van der Waals surface area contributed by atoms with Crippen molar-refractivity contribution in [2.45, 2.75) is 37.8 Å². The van der Waals surface area contributed by atoms with Crippen molar-refractivity contribution in [1.82, 2.24) is 5.32 Å². The zero-order valence-corrected chi connectivity index (χ0v) is 14.2. The van der Waals surface area contributed by atoms with Gasteiger partial charge in [-0.05, 0) is 37.5 Å². The van der Waals surface area contributed by atoms with Crippen LogP contribution in [-0.4, -0.2) is 38.2 Å². The van der Waals surface area contributed by atoms with E-state index in [1.54, 1.807) is 7.11 Å². The molecule has 2 aliphatic rings. The van der Waals surface area contributed by atoms with Gasteiger partial charge in [-0.1, -0.05) is 18.0 Å². The molecular weight excluding hydrogens is 314 g/mol. The summed E-state index contributed by atoms with van der Waals surface area (Å²) in [6.07, 6.45) is 3.83. The van der Waals surface area contributed by atoms with Gasteiger partial charge in [0.25, 0.3) is 0 Å². The lowest BCUT2D eigenvalue weighted by Gasteiger charge is -2.23. The first-order valence-electron chi connectivity index (χ1n) is 8.23. The van der Waals surface area contributed by atoms with Crippen LogP contribution in [0.25, 0.3) is 0 Å². The predicted molar refractivity (Wildman–Crippen MR) is 92.1 cm³/mol. The monoisotopic (exact) mass is 337 g/mol. The molecule has 1 aromatic carbocycles. The van der Waals surface area contributed by atoms with Gasteiger partial charge < -0.3 is 20.7 Å². The Morgan fingerprint density at radius 3 is 2.91 bits per heavy atom. The van der Waals surface area contributed by atoms with Crippen molar-refractivity contribution in [3.05, 3.63) is 23.2 Å². The fourth-order valence-corrected chi connectivity index (χ4v) is 3.80. The molecule has 0 spiro atoms. The fourth-order valence-electron chi connectivity index (χ4n) is 3.63. The lowest BCUT2D eigenvalue weighted by Crippen LogP contribution is -2.44. The number of hydrogen-bond donors (Lipinski definition) is 2. The molecule has 6 heteroatoms. The number of rotatable bonds is 4. The third-order valence-electron chi connectivity index (χ3n) is 4.92. The molecule has 0 aromatic heterocycles. The number of halogens is 1. The number of nitrogens with two attached hydrogens (primary N) is 1. The van der Waals surface area contributed by atoms with Crippen LogP contribution >= 0.6 is 11.6 Å². The summed E-state index contributed by atoms with van der Waals surface area (Å²) < 4.78 is 5.42. The third-order valence-corrected chi connectivity index (χ3v) is 5.16. The molecule has 1 saturated heterocycles. The summed E-state index contributed by atoms with van der Waals surface area (Å²) in [4.78, 5) is 14.6. The van der Waals surface area contributed by atoms with Crippen LogP contribution in [0.3, 0.4) is 0 Å². The van der Waals surface area contributed by atoms with E-state index in [4.69, 9.17) is 22.1 Å². The van der Waals surface area contributed by atoms with Gasteiger partial charge in [0, 0.05) is 30.2 Å². The number of hydrogen-bond acceptors (Lipinski definition) is 4. The Balaban J connectivity index is 1.62. The Kier molecular flexibility index (Phi) is 4.97. The quantitative estimate of drug-likeness (QED) is 0.883. The average Bonchev–Trinajstić information content (AvgIpc) is 3.16. The molecule has 1 aliphatic heterocycles. The number of benzene rings is 1. The Bertz CT molecular complexity index is 581. The fraction of sp³-hybridized carbons (Fsp3) is 0.588. The standard InChI is InChI=1S/C17H24ClN3O2/c1-23-16-6-5-11(18)9-15(16)21-8-7-12(10-21)20-17(22)13-3-2-4-14(13)19/h5-6,9,12-14H,2-4,7-8,10,19H2,1H3,(H,20,22)/t12-,13-,14+/m0/s1. The first kappa shape index (κ1) is 16.4. The van der Waals surface area contributed by atoms with Crippen LogP contribution in [0.4, 0.5) is 5.69 Å². The van der Waals surface area contributed by atoms with E-state index in [1.807, 2.05) is 18.2 Å². The maximum Gasteiger partial charge on any atom is 0.224 e. The number of carbonyl (C=O) groups excluding carboxylic acids is 1. The van der Waals surface area contributed by atoms with Crippen molar-refractivity contribution < 1.29 is 9.53 Å². The molecule has 3 rings (SSSR count). The Morgan fingerprint density at radius 2 is 2.22 bits per heavy atom. The van der Waals surface area contributed by atoms with Crippen LogP contribution in [0.15, 0.2) is 18.2 Å². The summed E-state index contributed by atoms with van der Waals surface area (Å²) >= 11 is 6.11. The molecule has 0 unspecified atom stereocenters. The smallest absolute Gasteiger partial charge is 0.224 e. The van der Waals surface area contributed by atoms with E-state index in [0.717, 1.165) is 50.2 Å². The van der Waals surface area contributed by atoms with Crippen LogP contribution in [0.5, 0.6) is 5.75 Å². The Labute approximate surface area is 142 Å². The highest BCUT2D eigenvalue weighted by Gasteiger charge is 2.33. The molecule has 3 atom stereocenters. The lowest BCUT2D eigenvalue weighted by atomic mass is 10.0. The van der Waals surface area contributed by atoms with Gasteiger partial charge in [0.1, 0.15) is 5.75 Å². The van der Waals surface area contributed by atoms with Crippen molar-refractivity contribution in [1.29, 1.82) is 0 Å². The van der Waals surface area contributed by atoms with Gasteiger partial charge >= 0.3 is 0 Å². The number of carbonyl (C=O) groups is 1. The van der Waals surface area contributed by atoms with Crippen LogP contribution < -0.4 is 20.7 Å². The van der Waals surface area contributed by atoms with E-state index >= 15 is 0 Å². The highest BCUT2D eigenvalue weighted by molar-refractivity contribution is 6.30. The molecule has 126 valence electrons. The topological polar surface area (TPSA) is 67.6 Å². The Morgan fingerprint density at radius 1 is 1.39 bits per heavy atom. The zero-order valence-electron chi connectivity index (χ0n) is 13.4. The molecule has 1 aromatic rings. The average molecular weight is 338 g/mol. The molecule has 1 aliphatic carbocycles. The van der Waals surface area contributed by atoms with Gasteiger partial charge in [-0.15, -0.1) is 0 Å². The van der Waals surface area contributed by atoms with Crippen LogP contribution in [0.2, 0.25) is 5.02 Å². The van der Waals surface area contributed by atoms with E-state index in [-0.39, 0.29) is 23.9 Å². The second-order valence-corrected chi connectivity index (χ2v) is 6.89. The summed E-state index contributed by atoms with van der Waals surface area (Å²) in [5.74, 6) is 0.892. The van der Waals surface area contributed by atoms with Crippen LogP contribution in [0.1, 0.15) is 25.7 Å². The summed E-state index contributed by atoms with van der Waals surface area (Å²) in [5, 5.41) is 3.85. The highest BCUT2D eigenvalue weighted by Crippen LogP contribution is 2.33. The third kappa shape index (κ3) is 3.56. The minimum absolute atomic E-state index is 0.0144. The van der Waals surface area contributed by atoms with E-state index in [0.29, 0.717) is 5.02 Å². The van der Waals surface area contributed by atoms with E-state index in [2.05, 4.69) is 10.2 Å². The van der Waals surface area contributed by atoms with Crippen molar-refractivity contribution >= 4 is 23.2 Å². The van der Waals surface area contributed by atoms with Gasteiger partial charge in [-0.3, -0.25) is 4.79 Å². The van der Waals surface area contributed by atoms with E-state index in [1.165, 1.54) is 0 Å². The zero-order chi connectivity index (χ0) is 16.4. The minimum atomic E-state index is -0.0234. The van der Waals surface area contributed by atoms with E-state index in [9.17, 15) is 4.79 Å². The van der Waals surface area contributed by atoms with E-state index < -0.39 is 0 Å². The van der Waals surface area contributed by atoms with Gasteiger partial charge in [0.2, 0.25) is 5.91 Å². The largest absolute Gasteiger partial charge is 0.495 e. The number of methoxy groups -OCH3 is 1. The van der Waals surface area contributed by atoms with Gasteiger partial charge in [0.15, 0.2) is 0 Å². The molecule has 1 saturated carbocycles. The molecule has 1 amide bonds. The Hall–Kier alpha value is -1.46. The van der Waals surface area contributed by atoms with Crippen LogP contribution in [0, 0.1) is 5.92 Å². The number of ether oxygens (including phenoxy) is 1. The normalized spacial score (nSPS) is 27.3. The first-order chi connectivity index (χ1) is 11.1. The second-order valence-electron chi connectivity index (χ2n) is 6.46. The van der Waals surface area contributed by atoms with Crippen LogP contribution in [-0.2, 0) is 4.79 Å². The predicted octanol–water partition coefficient (Wildman–Crippen LogP) is 2.17. The summed E-state index contributed by atoms with van der Waals surface area (Å²) in [6, 6.07) is 5.78. The maximum absolute atomic E-state index is 12.4. The van der Waals surface area contributed by atoms with Crippen molar-refractivity contribution in [2.75, 3.05) is 25.1 Å². The summed E-state index contributed by atoms with van der Waals surface area (Å²) in [7, 11) is 1.66. The van der Waals surface area contributed by atoms with Gasteiger partial charge in [-0.25, -0.2) is 0 Å². The minimum Gasteiger partial charge on any atom is -0.495 e. The number of anilines is 1.